The van der Waals surface area contributed by atoms with Crippen molar-refractivity contribution in [2.75, 3.05) is 7.11 Å². The van der Waals surface area contributed by atoms with E-state index in [-0.39, 0.29) is 12.0 Å². The lowest BCUT2D eigenvalue weighted by molar-refractivity contribution is -0.142. The summed E-state index contributed by atoms with van der Waals surface area (Å²) in [5.41, 5.74) is 5.83. The minimum atomic E-state index is -0.731. The molecule has 5 heteroatoms. The fraction of sp³-hybridized carbons (Fsp3) is 0.357. The maximum atomic E-state index is 11.7. The average Bonchev–Trinajstić information content (AvgIpc) is 3.59. The van der Waals surface area contributed by atoms with Gasteiger partial charge in [-0.25, -0.2) is 4.98 Å². The van der Waals surface area contributed by atoms with Gasteiger partial charge in [-0.1, -0.05) is 37.3 Å². The average molecular weight is 444 g/mol. The Labute approximate surface area is 194 Å². The van der Waals surface area contributed by atoms with Crippen LogP contribution in [0.2, 0.25) is 0 Å². The van der Waals surface area contributed by atoms with Gasteiger partial charge in [-0.15, -0.1) is 0 Å². The summed E-state index contributed by atoms with van der Waals surface area (Å²) < 4.78 is 11.7. The smallest absolute Gasteiger partial charge is 0.306 e. The second-order valence-corrected chi connectivity index (χ2v) is 9.21. The highest BCUT2D eigenvalue weighted by molar-refractivity contribution is 5.71. The van der Waals surface area contributed by atoms with Gasteiger partial charge in [0, 0.05) is 12.3 Å². The van der Waals surface area contributed by atoms with Gasteiger partial charge in [-0.3, -0.25) is 4.79 Å². The topological polar surface area (TPSA) is 68.7 Å². The number of carbonyl (C=O) groups is 1. The van der Waals surface area contributed by atoms with Crippen LogP contribution in [0, 0.1) is 11.8 Å². The Kier molecular flexibility index (Phi) is 5.79. The van der Waals surface area contributed by atoms with Crippen molar-refractivity contribution in [2.45, 2.75) is 44.6 Å². The van der Waals surface area contributed by atoms with Crippen LogP contribution in [0.15, 0.2) is 60.8 Å². The summed E-state index contributed by atoms with van der Waals surface area (Å²) in [6.07, 6.45) is 5.88. The number of methoxy groups -OCH3 is 1. The minimum Gasteiger partial charge on any atom is -0.486 e. The molecule has 2 aliphatic carbocycles. The molecule has 0 spiro atoms. The minimum absolute atomic E-state index is 0.00699. The molecular formula is C28H29NO4. The highest BCUT2D eigenvalue weighted by Crippen LogP contribution is 2.47. The fourth-order valence-corrected chi connectivity index (χ4v) is 5.12. The van der Waals surface area contributed by atoms with Crippen molar-refractivity contribution >= 4 is 5.97 Å². The number of aromatic nitrogens is 1. The fourth-order valence-electron chi connectivity index (χ4n) is 5.12. The van der Waals surface area contributed by atoms with Crippen LogP contribution in [-0.4, -0.2) is 23.2 Å². The van der Waals surface area contributed by atoms with E-state index < -0.39 is 11.9 Å². The van der Waals surface area contributed by atoms with Gasteiger partial charge in [0.1, 0.15) is 11.9 Å². The normalized spacial score (nSPS) is 18.9. The van der Waals surface area contributed by atoms with Crippen molar-refractivity contribution in [1.29, 1.82) is 0 Å². The molecule has 2 aromatic carbocycles. The maximum absolute atomic E-state index is 11.7. The lowest BCUT2D eigenvalue weighted by atomic mass is 9.83. The SMILES string of the molecule is COc1cc(-c2ccc3c(c2)CC[C@H]3Oc2cccc([C@H](C3CC3)[C@H](C)C(=O)O)c2)ccn1. The number of nitrogens with zero attached hydrogens (tertiary/aromatic N) is 1. The van der Waals surface area contributed by atoms with Gasteiger partial charge in [0.25, 0.3) is 0 Å². The number of pyridine rings is 1. The van der Waals surface area contributed by atoms with Crippen molar-refractivity contribution < 1.29 is 19.4 Å². The molecule has 0 aliphatic heterocycles. The maximum Gasteiger partial charge on any atom is 0.306 e. The Balaban J connectivity index is 1.36. The zero-order chi connectivity index (χ0) is 22.9. The van der Waals surface area contributed by atoms with Gasteiger partial charge in [-0.05, 0) is 83.5 Å². The first-order valence-electron chi connectivity index (χ1n) is 11.7. The van der Waals surface area contributed by atoms with Crippen molar-refractivity contribution in [3.63, 3.8) is 0 Å². The van der Waals surface area contributed by atoms with Crippen LogP contribution in [0.25, 0.3) is 11.1 Å². The first-order chi connectivity index (χ1) is 16.0. The Bertz CT molecular complexity index is 1170. The number of hydrogen-bond acceptors (Lipinski definition) is 4. The molecule has 0 radical (unpaired) electrons. The second kappa shape index (κ2) is 8.89. The van der Waals surface area contributed by atoms with E-state index in [4.69, 9.17) is 9.47 Å². The Morgan fingerprint density at radius 2 is 1.88 bits per heavy atom. The summed E-state index contributed by atoms with van der Waals surface area (Å²) in [6, 6.07) is 18.5. The number of ether oxygens (including phenoxy) is 2. The van der Waals surface area contributed by atoms with Crippen molar-refractivity contribution in [2.24, 2.45) is 11.8 Å². The van der Waals surface area contributed by atoms with Gasteiger partial charge in [0.05, 0.1) is 13.0 Å². The second-order valence-electron chi connectivity index (χ2n) is 9.21. The molecule has 170 valence electrons. The number of benzene rings is 2. The van der Waals surface area contributed by atoms with Gasteiger partial charge in [0.15, 0.2) is 0 Å². The summed E-state index contributed by atoms with van der Waals surface area (Å²) in [5.74, 6) is 0.800. The highest BCUT2D eigenvalue weighted by atomic mass is 16.5. The third-order valence-electron chi connectivity index (χ3n) is 7.02. The van der Waals surface area contributed by atoms with E-state index in [1.807, 2.05) is 37.3 Å². The van der Waals surface area contributed by atoms with E-state index in [1.54, 1.807) is 13.3 Å². The molecule has 3 atom stereocenters. The van der Waals surface area contributed by atoms with Crippen LogP contribution in [0.5, 0.6) is 11.6 Å². The molecule has 5 rings (SSSR count). The molecule has 1 aromatic heterocycles. The van der Waals surface area contributed by atoms with E-state index in [1.165, 1.54) is 11.1 Å². The van der Waals surface area contributed by atoms with Crippen molar-refractivity contribution in [1.82, 2.24) is 4.98 Å². The summed E-state index contributed by atoms with van der Waals surface area (Å²) >= 11 is 0. The van der Waals surface area contributed by atoms with Crippen LogP contribution < -0.4 is 9.47 Å². The largest absolute Gasteiger partial charge is 0.486 e. The predicted molar refractivity (Wildman–Crippen MR) is 127 cm³/mol. The molecule has 1 saturated carbocycles. The standard InChI is InChI=1S/C28H29NO4/c1-17(28(30)31)27(18-6-7-18)22-4-3-5-23(15-22)33-25-11-9-21-14-19(8-10-24(21)25)20-12-13-29-26(16-20)32-2/h3-5,8,10,12-18,25,27H,6-7,9,11H2,1-2H3,(H,30,31)/t17-,25+,27-/m0/s1. The molecule has 1 heterocycles. The third-order valence-corrected chi connectivity index (χ3v) is 7.02. The number of aryl methyl sites for hydroxylation is 1. The van der Waals surface area contributed by atoms with Crippen molar-refractivity contribution in [3.05, 3.63) is 77.5 Å². The van der Waals surface area contributed by atoms with Gasteiger partial charge < -0.3 is 14.6 Å². The van der Waals surface area contributed by atoms with Gasteiger partial charge >= 0.3 is 5.97 Å². The number of carboxylic acids is 1. The van der Waals surface area contributed by atoms with E-state index in [9.17, 15) is 9.90 Å². The molecule has 0 amide bonds. The molecule has 0 bridgehead atoms. The highest BCUT2D eigenvalue weighted by Gasteiger charge is 2.38. The molecule has 33 heavy (non-hydrogen) atoms. The molecular weight excluding hydrogens is 414 g/mol. The van der Waals surface area contributed by atoms with E-state index in [0.29, 0.717) is 11.8 Å². The van der Waals surface area contributed by atoms with Crippen LogP contribution in [-0.2, 0) is 11.2 Å². The zero-order valence-corrected chi connectivity index (χ0v) is 19.0. The van der Waals surface area contributed by atoms with Crippen LogP contribution in [0.4, 0.5) is 0 Å². The van der Waals surface area contributed by atoms with E-state index in [0.717, 1.165) is 48.1 Å². The first kappa shape index (κ1) is 21.5. The molecule has 0 saturated heterocycles. The summed E-state index contributed by atoms with van der Waals surface area (Å²) in [6.45, 7) is 1.82. The molecule has 1 N–H and O–H groups in total. The molecule has 5 nitrogen and oxygen atoms in total. The monoisotopic (exact) mass is 443 g/mol. The summed E-state index contributed by atoms with van der Waals surface area (Å²) in [7, 11) is 1.63. The number of hydrogen-bond donors (Lipinski definition) is 1. The molecule has 1 fully saturated rings. The van der Waals surface area contributed by atoms with Crippen LogP contribution >= 0.6 is 0 Å². The molecule has 3 aromatic rings. The van der Waals surface area contributed by atoms with Gasteiger partial charge in [0.2, 0.25) is 5.88 Å². The van der Waals surface area contributed by atoms with Gasteiger partial charge in [-0.2, -0.15) is 0 Å². The van der Waals surface area contributed by atoms with E-state index in [2.05, 4.69) is 29.2 Å². The summed E-state index contributed by atoms with van der Waals surface area (Å²) in [4.78, 5) is 15.9. The van der Waals surface area contributed by atoms with Crippen molar-refractivity contribution in [3.8, 4) is 22.8 Å². The van der Waals surface area contributed by atoms with Crippen LogP contribution in [0.1, 0.15) is 54.9 Å². The molecule has 0 unspecified atom stereocenters. The Hall–Kier alpha value is -3.34. The summed E-state index contributed by atoms with van der Waals surface area (Å²) in [5, 5.41) is 9.59. The number of aliphatic carboxylic acids is 1. The first-order valence-corrected chi connectivity index (χ1v) is 11.7. The number of rotatable bonds is 8. The Morgan fingerprint density at radius 1 is 1.06 bits per heavy atom. The third kappa shape index (κ3) is 4.45. The number of fused-ring (bicyclic) bond motifs is 1. The zero-order valence-electron chi connectivity index (χ0n) is 19.0. The van der Waals surface area contributed by atoms with Crippen LogP contribution in [0.3, 0.4) is 0 Å². The Morgan fingerprint density at radius 3 is 2.64 bits per heavy atom. The lowest BCUT2D eigenvalue weighted by Crippen LogP contribution is -2.20. The number of carboxylic acid groups (broad SMARTS) is 1. The van der Waals surface area contributed by atoms with E-state index >= 15 is 0 Å². The quantitative estimate of drug-likeness (QED) is 0.460. The lowest BCUT2D eigenvalue weighted by Gasteiger charge is -2.22. The molecule has 2 aliphatic rings. The predicted octanol–water partition coefficient (Wildman–Crippen LogP) is 6.04.